The van der Waals surface area contributed by atoms with Crippen LogP contribution in [-0.4, -0.2) is 21.9 Å². The molecule has 0 saturated heterocycles. The molecule has 1 atom stereocenters. The van der Waals surface area contributed by atoms with Crippen LogP contribution in [0.4, 0.5) is 0 Å². The lowest BCUT2D eigenvalue weighted by atomic mass is 10.1. The highest BCUT2D eigenvalue weighted by Crippen LogP contribution is 2.15. The fourth-order valence-electron chi connectivity index (χ4n) is 1.41. The quantitative estimate of drug-likeness (QED) is 0.595. The Kier molecular flexibility index (Phi) is 2.87. The molecule has 0 amide bonds. The lowest BCUT2D eigenvalue weighted by Gasteiger charge is -2.34. The molecule has 5 heteroatoms. The minimum atomic E-state index is 0.0963. The minimum Gasteiger partial charge on any atom is -0.375 e. The minimum absolute atomic E-state index is 0.0963. The van der Waals surface area contributed by atoms with Gasteiger partial charge in [-0.25, -0.2) is 0 Å². The third-order valence-electron chi connectivity index (χ3n) is 1.92. The number of hydrogen-bond donors (Lipinski definition) is 2. The van der Waals surface area contributed by atoms with Crippen molar-refractivity contribution in [2.75, 3.05) is 0 Å². The maximum atomic E-state index is 11.1. The highest BCUT2D eigenvalue weighted by atomic mass is 32.1. The van der Waals surface area contributed by atoms with E-state index in [1.165, 1.54) is 0 Å². The van der Waals surface area contributed by atoms with Gasteiger partial charge in [0.2, 0.25) is 0 Å². The number of thiocarbonyl (C=S) groups is 1. The van der Waals surface area contributed by atoms with Gasteiger partial charge < -0.3 is 5.73 Å². The number of hydrazine groups is 1. The Balaban J connectivity index is 2.77. The van der Waals surface area contributed by atoms with E-state index in [1.807, 2.05) is 18.9 Å². The smallest absolute Gasteiger partial charge is 0.182 e. The molecule has 1 aliphatic heterocycles. The molecule has 0 aromatic carbocycles. The molecule has 0 bridgehead atoms. The van der Waals surface area contributed by atoms with Gasteiger partial charge in [-0.2, -0.15) is 0 Å². The van der Waals surface area contributed by atoms with E-state index >= 15 is 0 Å². The van der Waals surface area contributed by atoms with E-state index in [1.54, 1.807) is 6.08 Å². The average Bonchev–Trinajstić information content (AvgIpc) is 1.96. The first-order valence-electron chi connectivity index (χ1n) is 4.07. The monoisotopic (exact) mass is 199 g/mol. The number of nitrogens with one attached hydrogen (secondary N) is 1. The highest BCUT2D eigenvalue weighted by Gasteiger charge is 2.22. The number of rotatable bonds is 1. The molecule has 1 unspecified atom stereocenters. The van der Waals surface area contributed by atoms with Crippen molar-refractivity contribution < 1.29 is 4.79 Å². The van der Waals surface area contributed by atoms with Crippen LogP contribution in [-0.2, 0) is 4.79 Å². The molecule has 0 radical (unpaired) electrons. The van der Waals surface area contributed by atoms with Crippen LogP contribution in [0.3, 0.4) is 0 Å². The van der Waals surface area contributed by atoms with Crippen LogP contribution in [0.5, 0.6) is 0 Å². The van der Waals surface area contributed by atoms with Crippen molar-refractivity contribution in [1.29, 1.82) is 0 Å². The van der Waals surface area contributed by atoms with Gasteiger partial charge in [0.05, 0.1) is 6.04 Å². The van der Waals surface area contributed by atoms with Gasteiger partial charge in [0.1, 0.15) is 0 Å². The summed E-state index contributed by atoms with van der Waals surface area (Å²) in [5.41, 5.74) is 9.02. The molecule has 0 aromatic rings. The fraction of sp³-hybridized carbons (Fsp3) is 0.500. The molecule has 1 aliphatic rings. The Hall–Kier alpha value is -1.10. The van der Waals surface area contributed by atoms with Crippen molar-refractivity contribution in [1.82, 2.24) is 10.4 Å². The Morgan fingerprint density at radius 2 is 2.46 bits per heavy atom. The number of nitrogens with zero attached hydrogens (tertiary/aromatic N) is 1. The van der Waals surface area contributed by atoms with Crippen molar-refractivity contribution in [2.45, 2.75) is 26.3 Å². The normalized spacial score (nSPS) is 22.6. The molecule has 0 fully saturated rings. The summed E-state index contributed by atoms with van der Waals surface area (Å²) >= 11 is 4.72. The third kappa shape index (κ3) is 2.42. The maximum Gasteiger partial charge on any atom is 0.182 e. The van der Waals surface area contributed by atoms with Crippen LogP contribution in [0, 0.1) is 0 Å². The van der Waals surface area contributed by atoms with Gasteiger partial charge in [0.25, 0.3) is 0 Å². The van der Waals surface area contributed by atoms with E-state index in [0.717, 1.165) is 5.70 Å². The summed E-state index contributed by atoms with van der Waals surface area (Å²) < 4.78 is 0. The molecular weight excluding hydrogens is 186 g/mol. The molecule has 0 aliphatic carbocycles. The van der Waals surface area contributed by atoms with Crippen molar-refractivity contribution in [3.8, 4) is 0 Å². The molecule has 72 valence electrons. The number of carbonyl (C=O) groups is 1. The van der Waals surface area contributed by atoms with Gasteiger partial charge in [-0.15, -0.1) is 0 Å². The topological polar surface area (TPSA) is 58.4 Å². The zero-order valence-corrected chi connectivity index (χ0v) is 8.52. The van der Waals surface area contributed by atoms with Gasteiger partial charge in [-0.1, -0.05) is 0 Å². The second-order valence-corrected chi connectivity index (χ2v) is 3.59. The number of carbonyl (C=O) groups excluding carboxylic acids is 1. The Morgan fingerprint density at radius 3 is 2.92 bits per heavy atom. The molecule has 13 heavy (non-hydrogen) atoms. The molecule has 0 spiro atoms. The first kappa shape index (κ1) is 9.98. The van der Waals surface area contributed by atoms with Crippen LogP contribution < -0.4 is 11.2 Å². The van der Waals surface area contributed by atoms with Crippen molar-refractivity contribution in [2.24, 2.45) is 5.73 Å². The first-order chi connectivity index (χ1) is 6.00. The van der Waals surface area contributed by atoms with Crippen LogP contribution >= 0.6 is 12.2 Å². The Morgan fingerprint density at radius 1 is 1.85 bits per heavy atom. The molecule has 0 saturated carbocycles. The largest absolute Gasteiger partial charge is 0.375 e. The summed E-state index contributed by atoms with van der Waals surface area (Å²) in [7, 11) is 0. The molecule has 1 heterocycles. The van der Waals surface area contributed by atoms with E-state index in [4.69, 9.17) is 18.0 Å². The van der Waals surface area contributed by atoms with E-state index in [9.17, 15) is 4.79 Å². The summed E-state index contributed by atoms with van der Waals surface area (Å²) in [5, 5.41) is 2.03. The van der Waals surface area contributed by atoms with Gasteiger partial charge in [0.15, 0.2) is 10.9 Å². The summed E-state index contributed by atoms with van der Waals surface area (Å²) in [6.07, 6.45) is 2.08. The third-order valence-corrected chi connectivity index (χ3v) is 2.01. The number of nitrogens with two attached hydrogens (primary N) is 1. The molecule has 0 aromatic heterocycles. The summed E-state index contributed by atoms with van der Waals surface area (Å²) in [4.78, 5) is 11.1. The van der Waals surface area contributed by atoms with Crippen LogP contribution in [0.25, 0.3) is 0 Å². The second kappa shape index (κ2) is 3.74. The number of hydrogen-bond acceptors (Lipinski definition) is 3. The first-order valence-corrected chi connectivity index (χ1v) is 4.48. The Labute approximate surface area is 82.7 Å². The van der Waals surface area contributed by atoms with E-state index < -0.39 is 0 Å². The predicted octanol–water partition coefficient (Wildman–Crippen LogP) is 0.302. The molecular formula is C8H13N3OS. The van der Waals surface area contributed by atoms with Crippen molar-refractivity contribution >= 4 is 23.1 Å². The lowest BCUT2D eigenvalue weighted by molar-refractivity contribution is -0.116. The average molecular weight is 199 g/mol. The summed E-state index contributed by atoms with van der Waals surface area (Å²) in [5.74, 6) is 0.144. The van der Waals surface area contributed by atoms with Crippen LogP contribution in [0.1, 0.15) is 20.3 Å². The molecule has 4 nitrogen and oxygen atoms in total. The predicted molar refractivity (Wildman–Crippen MR) is 54.6 cm³/mol. The zero-order valence-electron chi connectivity index (χ0n) is 7.70. The van der Waals surface area contributed by atoms with Gasteiger partial charge in [-0.3, -0.25) is 15.2 Å². The highest BCUT2D eigenvalue weighted by molar-refractivity contribution is 7.80. The fourth-order valence-corrected chi connectivity index (χ4v) is 1.51. The van der Waals surface area contributed by atoms with E-state index in [2.05, 4.69) is 5.43 Å². The molecule has 1 rings (SSSR count). The van der Waals surface area contributed by atoms with Gasteiger partial charge in [-0.05, 0) is 26.1 Å². The van der Waals surface area contributed by atoms with Crippen LogP contribution in [0.2, 0.25) is 0 Å². The number of allylic oxidation sites excluding steroid dienone is 2. The second-order valence-electron chi connectivity index (χ2n) is 3.15. The van der Waals surface area contributed by atoms with Crippen molar-refractivity contribution in [3.05, 3.63) is 11.8 Å². The van der Waals surface area contributed by atoms with E-state index in [-0.39, 0.29) is 16.9 Å². The summed E-state index contributed by atoms with van der Waals surface area (Å²) in [6, 6.07) is 0.0963. The van der Waals surface area contributed by atoms with Gasteiger partial charge >= 0.3 is 0 Å². The molecule has 3 N–H and O–H groups in total. The lowest BCUT2D eigenvalue weighted by Crippen LogP contribution is -2.50. The maximum absolute atomic E-state index is 11.1. The van der Waals surface area contributed by atoms with E-state index in [0.29, 0.717) is 6.42 Å². The number of ketones is 1. The zero-order chi connectivity index (χ0) is 10.0. The standard InChI is InChI=1S/C8H13N3OS/c1-5-3-7(12)4-6(2)11(5)10-8(9)13/h3,6H,4H2,1-2H3,(H3,9,10,13). The van der Waals surface area contributed by atoms with Gasteiger partial charge in [0, 0.05) is 18.2 Å². The SMILES string of the molecule is CC1=CC(=O)CC(C)N1NC(N)=S. The van der Waals surface area contributed by atoms with Crippen molar-refractivity contribution in [3.63, 3.8) is 0 Å². The summed E-state index contributed by atoms with van der Waals surface area (Å²) in [6.45, 7) is 3.79. The Bertz CT molecular complexity index is 275. The van der Waals surface area contributed by atoms with Crippen LogP contribution in [0.15, 0.2) is 11.8 Å².